The smallest absolute Gasteiger partial charge is 0.322 e. The van der Waals surface area contributed by atoms with Gasteiger partial charge in [0.1, 0.15) is 0 Å². The highest BCUT2D eigenvalue weighted by atomic mass is 19.1. The van der Waals surface area contributed by atoms with Crippen LogP contribution in [0.25, 0.3) is 0 Å². The van der Waals surface area contributed by atoms with Crippen LogP contribution in [0.2, 0.25) is 0 Å². The van der Waals surface area contributed by atoms with Crippen molar-refractivity contribution >= 4 is 11.7 Å². The fraction of sp³-hybridized carbons (Fsp3) is 0.538. The molecule has 1 aromatic rings. The van der Waals surface area contributed by atoms with Crippen LogP contribution in [-0.4, -0.2) is 41.7 Å². The average Bonchev–Trinajstić information content (AvgIpc) is 3.26. The van der Waals surface area contributed by atoms with Gasteiger partial charge in [0, 0.05) is 12.7 Å². The monoisotopic (exact) mass is 265 g/mol. The third-order valence-electron chi connectivity index (χ3n) is 3.61. The molecule has 3 rings (SSSR count). The van der Waals surface area contributed by atoms with Crippen LogP contribution in [0.3, 0.4) is 0 Å². The number of nitrogens with one attached hydrogen (secondary N) is 1. The number of hydrogen-bond donors (Lipinski definition) is 1. The van der Waals surface area contributed by atoms with Crippen molar-refractivity contribution < 1.29 is 13.9 Å². The minimum absolute atomic E-state index is 0.124. The summed E-state index contributed by atoms with van der Waals surface area (Å²) >= 11 is 0. The van der Waals surface area contributed by atoms with Crippen molar-refractivity contribution in [1.29, 1.82) is 0 Å². The maximum absolute atomic E-state index is 13.5. The summed E-state index contributed by atoms with van der Waals surface area (Å²) in [6.07, 6.45) is 4.83. The molecule has 6 heteroatoms. The number of anilines is 1. The van der Waals surface area contributed by atoms with Gasteiger partial charge in [-0.25, -0.2) is 9.18 Å². The lowest BCUT2D eigenvalue weighted by atomic mass is 10.1. The molecule has 2 heterocycles. The number of rotatable bonds is 2. The Hall–Kier alpha value is -1.69. The molecule has 0 bridgehead atoms. The number of morpholine rings is 1. The third kappa shape index (κ3) is 2.68. The van der Waals surface area contributed by atoms with Gasteiger partial charge in [-0.15, -0.1) is 0 Å². The van der Waals surface area contributed by atoms with Gasteiger partial charge in [0.2, 0.25) is 0 Å². The SMILES string of the molecule is O=C(Nc1ccncc1F)N1CCOCC1C1CC1. The first-order valence-corrected chi connectivity index (χ1v) is 6.50. The Morgan fingerprint density at radius 2 is 2.37 bits per heavy atom. The van der Waals surface area contributed by atoms with E-state index in [0.717, 1.165) is 19.0 Å². The molecule has 5 nitrogen and oxygen atoms in total. The summed E-state index contributed by atoms with van der Waals surface area (Å²) in [6, 6.07) is 1.32. The standard InChI is InChI=1S/C13H16FN3O2/c14-10-7-15-4-3-11(10)16-13(18)17-5-6-19-8-12(17)9-1-2-9/h3-4,7,9,12H,1-2,5-6,8H2,(H,15,16,18). The molecule has 0 spiro atoms. The fourth-order valence-corrected chi connectivity index (χ4v) is 2.41. The zero-order valence-electron chi connectivity index (χ0n) is 10.5. The molecule has 1 saturated heterocycles. The van der Waals surface area contributed by atoms with Crippen LogP contribution in [-0.2, 0) is 4.74 Å². The van der Waals surface area contributed by atoms with Gasteiger partial charge in [-0.05, 0) is 24.8 Å². The Morgan fingerprint density at radius 1 is 1.53 bits per heavy atom. The summed E-state index contributed by atoms with van der Waals surface area (Å²) in [7, 11) is 0. The summed E-state index contributed by atoms with van der Waals surface area (Å²) in [4.78, 5) is 17.7. The zero-order chi connectivity index (χ0) is 13.2. The van der Waals surface area contributed by atoms with E-state index in [1.165, 1.54) is 12.3 Å². The molecule has 2 amide bonds. The van der Waals surface area contributed by atoms with Crippen LogP contribution in [0, 0.1) is 11.7 Å². The number of carbonyl (C=O) groups is 1. The summed E-state index contributed by atoms with van der Waals surface area (Å²) in [5.74, 6) is 0.0143. The minimum Gasteiger partial charge on any atom is -0.377 e. The van der Waals surface area contributed by atoms with E-state index in [-0.39, 0.29) is 17.8 Å². The predicted octanol–water partition coefficient (Wildman–Crippen LogP) is 1.86. The van der Waals surface area contributed by atoms with Crippen LogP contribution in [0.1, 0.15) is 12.8 Å². The number of hydrogen-bond acceptors (Lipinski definition) is 3. The minimum atomic E-state index is -0.521. The van der Waals surface area contributed by atoms with Crippen LogP contribution in [0.15, 0.2) is 18.5 Å². The Morgan fingerprint density at radius 3 is 3.11 bits per heavy atom. The van der Waals surface area contributed by atoms with Gasteiger partial charge in [-0.1, -0.05) is 0 Å². The van der Waals surface area contributed by atoms with E-state index in [4.69, 9.17) is 4.74 Å². The molecule has 1 atom stereocenters. The van der Waals surface area contributed by atoms with E-state index in [0.29, 0.717) is 25.7 Å². The molecule has 1 aromatic heterocycles. The fourth-order valence-electron chi connectivity index (χ4n) is 2.41. The van der Waals surface area contributed by atoms with Crippen molar-refractivity contribution in [3.63, 3.8) is 0 Å². The molecular formula is C13H16FN3O2. The number of aromatic nitrogens is 1. The second-order valence-corrected chi connectivity index (χ2v) is 4.96. The largest absolute Gasteiger partial charge is 0.377 e. The van der Waals surface area contributed by atoms with Crippen molar-refractivity contribution in [1.82, 2.24) is 9.88 Å². The van der Waals surface area contributed by atoms with Crippen molar-refractivity contribution in [2.75, 3.05) is 25.1 Å². The first kappa shape index (κ1) is 12.3. The lowest BCUT2D eigenvalue weighted by molar-refractivity contribution is 0.00771. The zero-order valence-corrected chi connectivity index (χ0v) is 10.5. The first-order chi connectivity index (χ1) is 9.25. The van der Waals surface area contributed by atoms with Crippen LogP contribution >= 0.6 is 0 Å². The molecule has 1 N–H and O–H groups in total. The molecule has 1 aliphatic heterocycles. The quantitative estimate of drug-likeness (QED) is 0.888. The van der Waals surface area contributed by atoms with Gasteiger partial charge >= 0.3 is 6.03 Å². The Kier molecular flexibility index (Phi) is 3.33. The lowest BCUT2D eigenvalue weighted by Gasteiger charge is -2.35. The number of nitrogens with zero attached hydrogens (tertiary/aromatic N) is 2. The molecule has 0 aromatic carbocycles. The Balaban J connectivity index is 1.70. The van der Waals surface area contributed by atoms with E-state index < -0.39 is 5.82 Å². The lowest BCUT2D eigenvalue weighted by Crippen LogP contribution is -2.51. The normalized spacial score (nSPS) is 23.2. The van der Waals surface area contributed by atoms with E-state index in [2.05, 4.69) is 10.3 Å². The van der Waals surface area contributed by atoms with Crippen LogP contribution in [0.4, 0.5) is 14.9 Å². The van der Waals surface area contributed by atoms with Crippen LogP contribution in [0.5, 0.6) is 0 Å². The number of amides is 2. The van der Waals surface area contributed by atoms with Crippen LogP contribution < -0.4 is 5.32 Å². The summed E-state index contributed by atoms with van der Waals surface area (Å²) in [5, 5.41) is 2.61. The third-order valence-corrected chi connectivity index (χ3v) is 3.61. The van der Waals surface area contributed by atoms with Gasteiger partial charge in [0.25, 0.3) is 0 Å². The highest BCUT2D eigenvalue weighted by Gasteiger charge is 2.39. The highest BCUT2D eigenvalue weighted by Crippen LogP contribution is 2.36. The summed E-state index contributed by atoms with van der Waals surface area (Å²) in [5.41, 5.74) is 0.168. The van der Waals surface area contributed by atoms with E-state index in [1.807, 2.05) is 0 Å². The molecule has 1 aliphatic carbocycles. The number of urea groups is 1. The number of carbonyl (C=O) groups excluding carboxylic acids is 1. The van der Waals surface area contributed by atoms with Gasteiger partial charge in [0.05, 0.1) is 31.1 Å². The van der Waals surface area contributed by atoms with E-state index in [1.54, 1.807) is 4.90 Å². The number of halogens is 1. The van der Waals surface area contributed by atoms with Crippen molar-refractivity contribution in [3.05, 3.63) is 24.3 Å². The molecule has 2 fully saturated rings. The molecule has 1 saturated carbocycles. The molecule has 19 heavy (non-hydrogen) atoms. The molecular weight excluding hydrogens is 249 g/mol. The molecule has 0 radical (unpaired) electrons. The first-order valence-electron chi connectivity index (χ1n) is 6.50. The van der Waals surface area contributed by atoms with Gasteiger partial charge < -0.3 is 15.0 Å². The summed E-state index contributed by atoms with van der Waals surface area (Å²) < 4.78 is 18.9. The maximum Gasteiger partial charge on any atom is 0.322 e. The van der Waals surface area contributed by atoms with Gasteiger partial charge in [-0.3, -0.25) is 4.98 Å². The average molecular weight is 265 g/mol. The van der Waals surface area contributed by atoms with Gasteiger partial charge in [0.15, 0.2) is 5.82 Å². The Bertz CT molecular complexity index is 479. The predicted molar refractivity (Wildman–Crippen MR) is 67.3 cm³/mol. The molecule has 2 aliphatic rings. The number of ether oxygens (including phenoxy) is 1. The second-order valence-electron chi connectivity index (χ2n) is 4.96. The molecule has 102 valence electrons. The number of pyridine rings is 1. The summed E-state index contributed by atoms with van der Waals surface area (Å²) in [6.45, 7) is 1.67. The maximum atomic E-state index is 13.5. The topological polar surface area (TPSA) is 54.5 Å². The molecule has 1 unspecified atom stereocenters. The van der Waals surface area contributed by atoms with Crippen molar-refractivity contribution in [3.8, 4) is 0 Å². The second kappa shape index (κ2) is 5.13. The van der Waals surface area contributed by atoms with Crippen molar-refractivity contribution in [2.45, 2.75) is 18.9 Å². The van der Waals surface area contributed by atoms with Gasteiger partial charge in [-0.2, -0.15) is 0 Å². The van der Waals surface area contributed by atoms with Crippen molar-refractivity contribution in [2.24, 2.45) is 5.92 Å². The van der Waals surface area contributed by atoms with E-state index in [9.17, 15) is 9.18 Å². The Labute approximate surface area is 110 Å². The van der Waals surface area contributed by atoms with E-state index >= 15 is 0 Å². The highest BCUT2D eigenvalue weighted by molar-refractivity contribution is 5.89.